The Labute approximate surface area is 332 Å². The van der Waals surface area contributed by atoms with Crippen molar-refractivity contribution in [3.8, 4) is 11.1 Å². The standard InChI is InChI=1S/C40H53N7O10/c1-27(39(52)53)45(3)37(50)15-19-55-21-22-56-20-16-42-38(51)34(23-35(41)48)43-36(49)14-18-47-17-13-28(25-47)24-44(2)46(4)40(54)57-26-33-31-11-7-5-9-29(31)30-10-6-8-12-32(30)33/h5-13,17,25,27,33-34H,14-16,18-24,26H2,1-4H3,(H2,41,48)(H,42,51)(H,43,49)(H,52,53)/t27-,34-/m0/s1. The van der Waals surface area contributed by atoms with Crippen LogP contribution < -0.4 is 16.4 Å². The largest absolute Gasteiger partial charge is 0.480 e. The second-order valence-electron chi connectivity index (χ2n) is 13.7. The number of likely N-dealkylation sites (N-methyl/N-ethyl adjacent to an activating group) is 1. The van der Waals surface area contributed by atoms with Gasteiger partial charge >= 0.3 is 12.1 Å². The molecule has 0 unspecified atom stereocenters. The van der Waals surface area contributed by atoms with Gasteiger partial charge in [-0.3, -0.25) is 19.2 Å². The summed E-state index contributed by atoms with van der Waals surface area (Å²) in [6, 6.07) is 16.1. The Morgan fingerprint density at radius 3 is 2.14 bits per heavy atom. The summed E-state index contributed by atoms with van der Waals surface area (Å²) in [5.41, 5.74) is 10.8. The van der Waals surface area contributed by atoms with Crippen molar-refractivity contribution in [1.82, 2.24) is 30.1 Å². The van der Waals surface area contributed by atoms with Crippen molar-refractivity contribution in [2.24, 2.45) is 5.73 Å². The molecule has 308 valence electrons. The summed E-state index contributed by atoms with van der Waals surface area (Å²) in [7, 11) is 4.83. The molecule has 0 spiro atoms. The number of carbonyl (C=O) groups excluding carboxylic acids is 5. The monoisotopic (exact) mass is 791 g/mol. The van der Waals surface area contributed by atoms with Crippen molar-refractivity contribution >= 4 is 35.7 Å². The zero-order chi connectivity index (χ0) is 41.5. The molecule has 0 bridgehead atoms. The van der Waals surface area contributed by atoms with Gasteiger partial charge in [-0.15, -0.1) is 0 Å². The van der Waals surface area contributed by atoms with Crippen LogP contribution in [-0.2, 0) is 51.3 Å². The van der Waals surface area contributed by atoms with Gasteiger partial charge in [-0.05, 0) is 40.8 Å². The lowest BCUT2D eigenvalue weighted by Gasteiger charge is -2.27. The van der Waals surface area contributed by atoms with Crippen LogP contribution in [0.2, 0.25) is 0 Å². The zero-order valence-corrected chi connectivity index (χ0v) is 32.8. The van der Waals surface area contributed by atoms with Crippen molar-refractivity contribution in [2.45, 2.75) is 57.3 Å². The molecule has 3 aromatic rings. The number of fused-ring (bicyclic) bond motifs is 3. The summed E-state index contributed by atoms with van der Waals surface area (Å²) >= 11 is 0. The Morgan fingerprint density at radius 2 is 1.51 bits per heavy atom. The van der Waals surface area contributed by atoms with E-state index in [0.29, 0.717) is 13.1 Å². The van der Waals surface area contributed by atoms with E-state index in [1.54, 1.807) is 19.1 Å². The van der Waals surface area contributed by atoms with E-state index in [9.17, 15) is 28.8 Å². The molecule has 1 aliphatic rings. The molecule has 2 aromatic carbocycles. The summed E-state index contributed by atoms with van der Waals surface area (Å²) in [5.74, 6) is -3.30. The first-order chi connectivity index (χ1) is 27.3. The first-order valence-electron chi connectivity index (χ1n) is 18.7. The molecule has 0 radical (unpaired) electrons. The third-order valence-electron chi connectivity index (χ3n) is 9.70. The highest BCUT2D eigenvalue weighted by molar-refractivity contribution is 5.91. The number of hydrogen-bond donors (Lipinski definition) is 4. The molecular formula is C40H53N7O10. The maximum absolute atomic E-state index is 13.1. The highest BCUT2D eigenvalue weighted by Crippen LogP contribution is 2.44. The Kier molecular flexibility index (Phi) is 16.6. The third-order valence-corrected chi connectivity index (χ3v) is 9.70. The molecule has 5 amide bonds. The maximum Gasteiger partial charge on any atom is 0.424 e. The number of primary amides is 1. The number of aromatic nitrogens is 1. The number of aryl methyl sites for hydroxylation is 1. The number of rotatable bonds is 23. The van der Waals surface area contributed by atoms with Crippen molar-refractivity contribution < 1.29 is 48.1 Å². The van der Waals surface area contributed by atoms with Gasteiger partial charge in [-0.2, -0.15) is 0 Å². The predicted octanol–water partition coefficient (Wildman–Crippen LogP) is 1.94. The van der Waals surface area contributed by atoms with Crippen LogP contribution in [0.25, 0.3) is 11.1 Å². The smallest absolute Gasteiger partial charge is 0.424 e. The van der Waals surface area contributed by atoms with Crippen LogP contribution in [0.15, 0.2) is 67.0 Å². The van der Waals surface area contributed by atoms with Crippen LogP contribution in [0.5, 0.6) is 0 Å². The van der Waals surface area contributed by atoms with E-state index in [4.69, 9.17) is 25.1 Å². The van der Waals surface area contributed by atoms with Gasteiger partial charge in [0, 0.05) is 65.5 Å². The Balaban J connectivity index is 1.12. The number of amides is 5. The quantitative estimate of drug-likeness (QED) is 0.0805. The topological polar surface area (TPSA) is 215 Å². The lowest BCUT2D eigenvalue weighted by Crippen LogP contribution is -2.49. The number of carbonyl (C=O) groups is 6. The van der Waals surface area contributed by atoms with Gasteiger partial charge < -0.3 is 45.2 Å². The highest BCUT2D eigenvalue weighted by atomic mass is 16.6. The molecule has 5 N–H and O–H groups in total. The first-order valence-corrected chi connectivity index (χ1v) is 18.7. The van der Waals surface area contributed by atoms with Crippen molar-refractivity contribution in [1.29, 1.82) is 0 Å². The predicted molar refractivity (Wildman–Crippen MR) is 208 cm³/mol. The van der Waals surface area contributed by atoms with Gasteiger partial charge in [-0.1, -0.05) is 48.5 Å². The molecule has 0 saturated carbocycles. The Hall–Kier alpha value is -5.78. The second kappa shape index (κ2) is 21.5. The molecule has 4 rings (SSSR count). The van der Waals surface area contributed by atoms with Gasteiger partial charge in [0.2, 0.25) is 23.6 Å². The minimum atomic E-state index is -1.17. The van der Waals surface area contributed by atoms with E-state index >= 15 is 0 Å². The molecular weight excluding hydrogens is 738 g/mol. The molecule has 0 saturated heterocycles. The molecule has 1 heterocycles. The fourth-order valence-electron chi connectivity index (χ4n) is 6.24. The molecule has 17 nitrogen and oxygen atoms in total. The van der Waals surface area contributed by atoms with E-state index in [2.05, 4.69) is 34.9 Å². The van der Waals surface area contributed by atoms with E-state index in [0.717, 1.165) is 32.7 Å². The molecule has 0 aliphatic heterocycles. The fourth-order valence-corrected chi connectivity index (χ4v) is 6.24. The van der Waals surface area contributed by atoms with Gasteiger partial charge in [-0.25, -0.2) is 19.6 Å². The summed E-state index contributed by atoms with van der Waals surface area (Å²) in [6.45, 7) is 2.98. The van der Waals surface area contributed by atoms with Gasteiger partial charge in [0.15, 0.2) is 0 Å². The minimum Gasteiger partial charge on any atom is -0.480 e. The number of ether oxygens (including phenoxy) is 3. The van der Waals surface area contributed by atoms with Crippen molar-refractivity contribution in [2.75, 3.05) is 60.7 Å². The first kappa shape index (κ1) is 43.9. The number of benzene rings is 2. The summed E-state index contributed by atoms with van der Waals surface area (Å²) in [4.78, 5) is 74.4. The van der Waals surface area contributed by atoms with E-state index < -0.39 is 41.9 Å². The lowest BCUT2D eigenvalue weighted by molar-refractivity contribution is -0.148. The number of aliphatic carboxylic acids is 1. The number of hydrazine groups is 1. The lowest BCUT2D eigenvalue weighted by atomic mass is 9.98. The third kappa shape index (κ3) is 12.9. The van der Waals surface area contributed by atoms with Gasteiger partial charge in [0.05, 0.1) is 39.3 Å². The average molecular weight is 792 g/mol. The van der Waals surface area contributed by atoms with E-state index in [1.165, 1.54) is 19.0 Å². The summed E-state index contributed by atoms with van der Waals surface area (Å²) in [6.07, 6.45) is 2.84. The van der Waals surface area contributed by atoms with Crippen LogP contribution in [0.4, 0.5) is 4.79 Å². The van der Waals surface area contributed by atoms with E-state index in [1.807, 2.05) is 47.3 Å². The molecule has 1 aliphatic carbocycles. The van der Waals surface area contributed by atoms with Gasteiger partial charge in [0.1, 0.15) is 18.7 Å². The van der Waals surface area contributed by atoms with E-state index in [-0.39, 0.29) is 70.7 Å². The van der Waals surface area contributed by atoms with Crippen LogP contribution >= 0.6 is 0 Å². The fraction of sp³-hybridized carbons (Fsp3) is 0.450. The SMILES string of the molecule is C[C@@H](C(=O)O)N(C)C(=O)CCOCCOCCNC(=O)[C@H](CC(N)=O)NC(=O)CCn1ccc(CN(C)N(C)C(=O)OCC2c3ccccc3-c3ccccc32)c1. The number of hydrogen-bond acceptors (Lipinski definition) is 10. The molecule has 1 aromatic heterocycles. The van der Waals surface area contributed by atoms with Crippen LogP contribution in [-0.4, -0.2) is 133 Å². The molecule has 57 heavy (non-hydrogen) atoms. The van der Waals surface area contributed by atoms with Crippen LogP contribution in [0, 0.1) is 0 Å². The summed E-state index contributed by atoms with van der Waals surface area (Å²) < 4.78 is 18.4. The van der Waals surface area contributed by atoms with Crippen LogP contribution in [0.1, 0.15) is 48.8 Å². The molecule has 2 atom stereocenters. The Morgan fingerprint density at radius 1 is 0.877 bits per heavy atom. The van der Waals surface area contributed by atoms with Gasteiger partial charge in [0.25, 0.3) is 0 Å². The number of carboxylic acid groups (broad SMARTS) is 1. The normalized spacial score (nSPS) is 12.9. The minimum absolute atomic E-state index is 0.0204. The Bertz CT molecular complexity index is 1820. The molecule has 17 heteroatoms. The number of nitrogens with zero attached hydrogens (tertiary/aromatic N) is 4. The number of nitrogens with two attached hydrogens (primary N) is 1. The highest BCUT2D eigenvalue weighted by Gasteiger charge is 2.30. The summed E-state index contributed by atoms with van der Waals surface area (Å²) in [5, 5.41) is 17.3. The maximum atomic E-state index is 13.1. The zero-order valence-electron chi connectivity index (χ0n) is 32.8. The van der Waals surface area contributed by atoms with Crippen molar-refractivity contribution in [3.05, 3.63) is 83.7 Å². The van der Waals surface area contributed by atoms with Crippen LogP contribution in [0.3, 0.4) is 0 Å². The number of carboxylic acids is 1. The van der Waals surface area contributed by atoms with Crippen molar-refractivity contribution in [3.63, 3.8) is 0 Å². The second-order valence-corrected chi connectivity index (χ2v) is 13.7. The number of nitrogens with one attached hydrogen (secondary N) is 2. The molecule has 0 fully saturated rings. The average Bonchev–Trinajstić information content (AvgIpc) is 3.78.